The van der Waals surface area contributed by atoms with Crippen LogP contribution in [0.15, 0.2) is 42.5 Å². The van der Waals surface area contributed by atoms with Crippen LogP contribution in [0.25, 0.3) is 11.1 Å². The van der Waals surface area contributed by atoms with Crippen molar-refractivity contribution in [1.82, 2.24) is 4.90 Å². The summed E-state index contributed by atoms with van der Waals surface area (Å²) in [6, 6.07) is 14.9. The number of thioether (sulfide) groups is 1. The summed E-state index contributed by atoms with van der Waals surface area (Å²) in [5.74, 6) is 3.51. The SMILES string of the molecule is COCOc1ccc(-c2ccc(C3C4SC(=O)N3C4=O)cc2)cc1C12CC3CC(CC(C3)C1)C2. The highest BCUT2D eigenvalue weighted by molar-refractivity contribution is 8.15. The van der Waals surface area contributed by atoms with Crippen molar-refractivity contribution in [3.63, 3.8) is 0 Å². The molecule has 4 saturated carbocycles. The smallest absolute Gasteiger partial charge is 0.289 e. The molecule has 0 aromatic heterocycles. The second-order valence-electron chi connectivity index (χ2n) is 11.0. The van der Waals surface area contributed by atoms with Gasteiger partial charge in [0.2, 0.25) is 5.91 Å². The summed E-state index contributed by atoms with van der Waals surface area (Å²) in [4.78, 5) is 25.3. The number of fused-ring (bicyclic) bond motifs is 1. The number of hydrogen-bond acceptors (Lipinski definition) is 5. The Morgan fingerprint density at radius 1 is 0.941 bits per heavy atom. The van der Waals surface area contributed by atoms with E-state index in [2.05, 4.69) is 42.5 Å². The Morgan fingerprint density at radius 2 is 1.59 bits per heavy atom. The Bertz CT molecular complexity index is 1130. The highest BCUT2D eigenvalue weighted by Gasteiger charge is 2.60. The van der Waals surface area contributed by atoms with Gasteiger partial charge in [-0.1, -0.05) is 30.3 Å². The fourth-order valence-electron chi connectivity index (χ4n) is 7.96. The number of ether oxygens (including phenoxy) is 2. The molecule has 0 radical (unpaired) electrons. The van der Waals surface area contributed by atoms with Crippen molar-refractivity contribution in [2.75, 3.05) is 13.9 Å². The zero-order valence-corrected chi connectivity index (χ0v) is 20.2. The summed E-state index contributed by atoms with van der Waals surface area (Å²) >= 11 is 1.16. The van der Waals surface area contributed by atoms with Crippen LogP contribution in [0.2, 0.25) is 0 Å². The van der Waals surface area contributed by atoms with Gasteiger partial charge in [-0.3, -0.25) is 14.5 Å². The normalized spacial score (nSPS) is 35.1. The number of nitrogens with zero attached hydrogens (tertiary/aromatic N) is 1. The number of amides is 2. The first kappa shape index (κ1) is 21.0. The van der Waals surface area contributed by atoms with E-state index in [4.69, 9.17) is 9.47 Å². The molecule has 34 heavy (non-hydrogen) atoms. The number of hydrogen-bond donors (Lipinski definition) is 0. The lowest BCUT2D eigenvalue weighted by Gasteiger charge is -2.57. The topological polar surface area (TPSA) is 55.8 Å². The molecule has 2 aromatic rings. The van der Waals surface area contributed by atoms with Crippen molar-refractivity contribution >= 4 is 22.9 Å². The summed E-state index contributed by atoms with van der Waals surface area (Å²) < 4.78 is 11.3. The number of benzene rings is 2. The van der Waals surface area contributed by atoms with Crippen LogP contribution >= 0.6 is 11.8 Å². The third-order valence-electron chi connectivity index (χ3n) is 8.98. The molecule has 2 amide bonds. The van der Waals surface area contributed by atoms with Gasteiger partial charge in [0, 0.05) is 12.7 Å². The molecule has 0 N–H and O–H groups in total. The lowest BCUT2D eigenvalue weighted by Crippen LogP contribution is -2.50. The van der Waals surface area contributed by atoms with Gasteiger partial charge in [0.15, 0.2) is 6.79 Å². The van der Waals surface area contributed by atoms with E-state index >= 15 is 0 Å². The van der Waals surface area contributed by atoms with Crippen molar-refractivity contribution in [2.24, 2.45) is 17.8 Å². The van der Waals surface area contributed by atoms with E-state index in [1.54, 1.807) is 7.11 Å². The van der Waals surface area contributed by atoms with Crippen LogP contribution < -0.4 is 4.74 Å². The molecule has 2 aromatic carbocycles. The Morgan fingerprint density at radius 3 is 2.15 bits per heavy atom. The zero-order valence-electron chi connectivity index (χ0n) is 19.4. The quantitative estimate of drug-likeness (QED) is 0.383. The molecule has 9 rings (SSSR count). The van der Waals surface area contributed by atoms with Crippen LogP contribution in [0.5, 0.6) is 5.75 Å². The number of β-lactam (4-membered cyclic amide) rings is 1. The molecular weight excluding hydrogens is 446 g/mol. The number of rotatable bonds is 6. The summed E-state index contributed by atoms with van der Waals surface area (Å²) in [6.07, 6.45) is 8.08. The molecule has 176 valence electrons. The van der Waals surface area contributed by atoms with Crippen molar-refractivity contribution in [3.05, 3.63) is 53.6 Å². The third-order valence-corrected chi connectivity index (χ3v) is 10.1. The van der Waals surface area contributed by atoms with E-state index in [1.807, 2.05) is 0 Å². The monoisotopic (exact) mass is 475 g/mol. The van der Waals surface area contributed by atoms with Crippen LogP contribution in [0.3, 0.4) is 0 Å². The molecule has 3 aliphatic heterocycles. The number of imide groups is 1. The van der Waals surface area contributed by atoms with Gasteiger partial charge in [-0.2, -0.15) is 0 Å². The van der Waals surface area contributed by atoms with Crippen LogP contribution in [-0.2, 0) is 14.9 Å². The summed E-state index contributed by atoms with van der Waals surface area (Å²) in [6.45, 7) is 0.266. The van der Waals surface area contributed by atoms with Gasteiger partial charge >= 0.3 is 0 Å². The lowest BCUT2D eigenvalue weighted by molar-refractivity contribution is -0.137. The van der Waals surface area contributed by atoms with E-state index in [0.717, 1.165) is 46.4 Å². The second kappa shape index (κ2) is 7.59. The highest BCUT2D eigenvalue weighted by atomic mass is 32.2. The third kappa shape index (κ3) is 3.04. The Kier molecular flexibility index (Phi) is 4.69. The van der Waals surface area contributed by atoms with Gasteiger partial charge in [0.05, 0.1) is 6.04 Å². The molecular formula is C28H29NO4S. The first-order valence-corrected chi connectivity index (χ1v) is 13.3. The highest BCUT2D eigenvalue weighted by Crippen LogP contribution is 2.62. The maximum Gasteiger partial charge on any atom is 0.289 e. The first-order valence-electron chi connectivity index (χ1n) is 12.4. The molecule has 0 spiro atoms. The molecule has 6 bridgehead atoms. The number of carbonyl (C=O) groups excluding carboxylic acids is 2. The van der Waals surface area contributed by atoms with Gasteiger partial charge < -0.3 is 9.47 Å². The van der Waals surface area contributed by atoms with E-state index in [9.17, 15) is 9.59 Å². The minimum atomic E-state index is -0.238. The second-order valence-corrected chi connectivity index (χ2v) is 12.1. The average Bonchev–Trinajstić information content (AvgIpc) is 3.34. The molecule has 7 aliphatic rings. The van der Waals surface area contributed by atoms with E-state index in [0.29, 0.717) is 0 Å². The van der Waals surface area contributed by atoms with Crippen molar-refractivity contribution in [2.45, 2.75) is 55.2 Å². The van der Waals surface area contributed by atoms with Crippen LogP contribution in [0.1, 0.15) is 55.7 Å². The molecule has 2 atom stereocenters. The summed E-state index contributed by atoms with van der Waals surface area (Å²) in [5, 5.41) is -0.353. The maximum absolute atomic E-state index is 12.0. The average molecular weight is 476 g/mol. The Labute approximate surface area is 204 Å². The van der Waals surface area contributed by atoms with Gasteiger partial charge in [-0.15, -0.1) is 0 Å². The zero-order chi connectivity index (χ0) is 23.0. The number of methoxy groups -OCH3 is 1. The molecule has 6 heteroatoms. The number of carbonyl (C=O) groups is 2. The van der Waals surface area contributed by atoms with Crippen LogP contribution in [0, 0.1) is 17.8 Å². The largest absolute Gasteiger partial charge is 0.467 e. The van der Waals surface area contributed by atoms with E-state index in [-0.39, 0.29) is 34.6 Å². The first-order chi connectivity index (χ1) is 16.5. The van der Waals surface area contributed by atoms with Crippen LogP contribution in [0.4, 0.5) is 4.79 Å². The van der Waals surface area contributed by atoms with Gasteiger partial charge in [0.25, 0.3) is 5.24 Å². The van der Waals surface area contributed by atoms with Gasteiger partial charge in [-0.25, -0.2) is 0 Å². The van der Waals surface area contributed by atoms with E-state index < -0.39 is 0 Å². The fraction of sp³-hybridized carbons (Fsp3) is 0.500. The standard InChI is InChI=1S/C28H29NO4S/c1-32-15-33-23-7-6-21(11-22(23)28-12-16-8-17(13-28)10-18(9-16)14-28)19-2-4-20(5-3-19)24-25-26(30)29(24)27(31)34-25/h2-7,11,16-18,24-25H,8-10,12-15H2,1H3. The minimum Gasteiger partial charge on any atom is -0.467 e. The molecule has 7 fully saturated rings. The van der Waals surface area contributed by atoms with Gasteiger partial charge in [0.1, 0.15) is 11.0 Å². The molecule has 3 heterocycles. The summed E-state index contributed by atoms with van der Waals surface area (Å²) in [7, 11) is 1.67. The van der Waals surface area contributed by atoms with Gasteiger partial charge in [-0.05, 0) is 102 Å². The fourth-order valence-corrected chi connectivity index (χ4v) is 9.11. The Hall–Kier alpha value is -2.31. The molecule has 4 aliphatic carbocycles. The molecule has 5 nitrogen and oxygen atoms in total. The van der Waals surface area contributed by atoms with Crippen molar-refractivity contribution < 1.29 is 19.1 Å². The maximum atomic E-state index is 12.0. The predicted octanol–water partition coefficient (Wildman–Crippen LogP) is 5.92. The Balaban J connectivity index is 1.22. The van der Waals surface area contributed by atoms with E-state index in [1.165, 1.54) is 54.6 Å². The van der Waals surface area contributed by atoms with Crippen molar-refractivity contribution in [3.8, 4) is 16.9 Å². The minimum absolute atomic E-state index is 0.0454. The molecule has 3 saturated heterocycles. The van der Waals surface area contributed by atoms with Crippen molar-refractivity contribution in [1.29, 1.82) is 0 Å². The predicted molar refractivity (Wildman–Crippen MR) is 131 cm³/mol. The summed E-state index contributed by atoms with van der Waals surface area (Å²) in [5.41, 5.74) is 4.97. The van der Waals surface area contributed by atoms with Crippen LogP contribution in [-0.4, -0.2) is 35.2 Å². The lowest BCUT2D eigenvalue weighted by atomic mass is 9.48. The molecule has 2 unspecified atom stereocenters.